The normalized spacial score (nSPS) is 25.8. The molecule has 2 unspecified atom stereocenters. The van der Waals surface area contributed by atoms with E-state index in [-0.39, 0.29) is 17.6 Å². The number of hydrogen-bond donors (Lipinski definition) is 0. The Morgan fingerprint density at radius 2 is 2.00 bits per heavy atom. The van der Waals surface area contributed by atoms with Gasteiger partial charge < -0.3 is 18.9 Å². The molecule has 0 N–H and O–H groups in total. The van der Waals surface area contributed by atoms with Crippen LogP contribution in [-0.2, 0) is 24.8 Å². The van der Waals surface area contributed by atoms with E-state index in [0.29, 0.717) is 34.8 Å². The molecule has 0 bridgehead atoms. The minimum absolute atomic E-state index is 0.121. The molecule has 3 rings (SSSR count). The van der Waals surface area contributed by atoms with Crippen molar-refractivity contribution in [3.05, 3.63) is 59.9 Å². The highest BCUT2D eigenvalue weighted by atomic mass is 16.7. The molecule has 1 fully saturated rings. The van der Waals surface area contributed by atoms with Crippen LogP contribution in [0.1, 0.15) is 25.8 Å². The zero-order chi connectivity index (χ0) is 20.5. The van der Waals surface area contributed by atoms with Crippen LogP contribution in [-0.4, -0.2) is 26.0 Å². The number of fused-ring (bicyclic) bond motifs is 1. The molecule has 1 aliphatic carbocycles. The van der Waals surface area contributed by atoms with Crippen molar-refractivity contribution in [2.24, 2.45) is 11.8 Å². The second kappa shape index (κ2) is 7.54. The van der Waals surface area contributed by atoms with Crippen LogP contribution < -0.4 is 9.47 Å². The molecule has 148 valence electrons. The van der Waals surface area contributed by atoms with Gasteiger partial charge in [-0.25, -0.2) is 0 Å². The lowest BCUT2D eigenvalue weighted by molar-refractivity contribution is -0.223. The molecule has 6 heteroatoms. The van der Waals surface area contributed by atoms with E-state index in [0.717, 1.165) is 0 Å². The molecule has 28 heavy (non-hydrogen) atoms. The van der Waals surface area contributed by atoms with Crippen molar-refractivity contribution in [1.29, 1.82) is 0 Å². The number of carbonyl (C=O) groups is 2. The van der Waals surface area contributed by atoms with E-state index in [1.54, 1.807) is 31.4 Å². The summed E-state index contributed by atoms with van der Waals surface area (Å²) in [5, 5.41) is 0. The molecule has 1 saturated heterocycles. The molecule has 1 aliphatic heterocycles. The highest BCUT2D eigenvalue weighted by molar-refractivity contribution is 6.05. The Labute approximate surface area is 164 Å². The van der Waals surface area contributed by atoms with Gasteiger partial charge in [0.15, 0.2) is 17.3 Å². The predicted molar refractivity (Wildman–Crippen MR) is 103 cm³/mol. The Hall–Kier alpha value is -3.02. The van der Waals surface area contributed by atoms with Gasteiger partial charge in [0, 0.05) is 30.1 Å². The van der Waals surface area contributed by atoms with Crippen molar-refractivity contribution in [2.75, 3.05) is 14.2 Å². The van der Waals surface area contributed by atoms with Crippen molar-refractivity contribution < 1.29 is 28.5 Å². The van der Waals surface area contributed by atoms with Gasteiger partial charge in [-0.15, -0.1) is 6.58 Å². The van der Waals surface area contributed by atoms with Crippen LogP contribution in [0.4, 0.5) is 0 Å². The summed E-state index contributed by atoms with van der Waals surface area (Å²) in [6, 6.07) is 5.23. The molecule has 2 aliphatic rings. The molecule has 0 saturated carbocycles. The highest BCUT2D eigenvalue weighted by Crippen LogP contribution is 2.53. The second-order valence-corrected chi connectivity index (χ2v) is 6.84. The molecular weight excluding hydrogens is 360 g/mol. The maximum Gasteiger partial charge on any atom is 0.306 e. The summed E-state index contributed by atoms with van der Waals surface area (Å²) in [6.45, 7) is 6.97. The number of benzene rings is 1. The number of allylic oxidation sites excluding steroid dienone is 4. The summed E-state index contributed by atoms with van der Waals surface area (Å²) in [7, 11) is 3.08. The van der Waals surface area contributed by atoms with Gasteiger partial charge in [-0.1, -0.05) is 19.1 Å². The molecule has 0 radical (unpaired) electrons. The van der Waals surface area contributed by atoms with Gasteiger partial charge in [0.1, 0.15) is 5.76 Å². The van der Waals surface area contributed by atoms with Gasteiger partial charge in [-0.2, -0.15) is 0 Å². The van der Waals surface area contributed by atoms with Crippen molar-refractivity contribution in [3.63, 3.8) is 0 Å². The average Bonchev–Trinajstić information content (AvgIpc) is 2.93. The summed E-state index contributed by atoms with van der Waals surface area (Å²) in [5.74, 6) is -0.913. The van der Waals surface area contributed by atoms with Crippen LogP contribution >= 0.6 is 0 Å². The first-order chi connectivity index (χ1) is 13.4. The van der Waals surface area contributed by atoms with E-state index < -0.39 is 11.8 Å². The first kappa shape index (κ1) is 19.7. The van der Waals surface area contributed by atoms with Gasteiger partial charge >= 0.3 is 5.97 Å². The first-order valence-corrected chi connectivity index (χ1v) is 9.04. The summed E-state index contributed by atoms with van der Waals surface area (Å²) >= 11 is 0. The Balaban J connectivity index is 2.11. The van der Waals surface area contributed by atoms with E-state index in [4.69, 9.17) is 18.9 Å². The number of hydrogen-bond acceptors (Lipinski definition) is 6. The van der Waals surface area contributed by atoms with Crippen LogP contribution in [0.3, 0.4) is 0 Å². The molecule has 1 aromatic carbocycles. The number of ether oxygens (including phenoxy) is 4. The summed E-state index contributed by atoms with van der Waals surface area (Å²) < 4.78 is 22.6. The Morgan fingerprint density at radius 3 is 2.61 bits per heavy atom. The fourth-order valence-corrected chi connectivity index (χ4v) is 3.78. The molecule has 3 atom stereocenters. The lowest BCUT2D eigenvalue weighted by Gasteiger charge is -2.32. The van der Waals surface area contributed by atoms with Gasteiger partial charge in [-0.05, 0) is 24.6 Å². The minimum atomic E-state index is -1.37. The SMILES string of the molecule is C=CCC1=CC2C(=CC1=O)OC(OC(C)=O)(c1ccc(OC)c(OC)c1)[C@@H]2C. The number of rotatable bonds is 6. The number of ketones is 1. The number of methoxy groups -OCH3 is 2. The van der Waals surface area contributed by atoms with Crippen molar-refractivity contribution in [2.45, 2.75) is 26.1 Å². The Kier molecular flexibility index (Phi) is 5.31. The predicted octanol–water partition coefficient (Wildman–Crippen LogP) is 3.67. The van der Waals surface area contributed by atoms with E-state index in [2.05, 4.69) is 6.58 Å². The summed E-state index contributed by atoms with van der Waals surface area (Å²) in [5.41, 5.74) is 1.26. The topological polar surface area (TPSA) is 71.1 Å². The smallest absolute Gasteiger partial charge is 0.306 e. The number of esters is 1. The molecule has 1 aromatic rings. The van der Waals surface area contributed by atoms with Gasteiger partial charge in [-0.3, -0.25) is 9.59 Å². The van der Waals surface area contributed by atoms with Crippen LogP contribution in [0.2, 0.25) is 0 Å². The zero-order valence-electron chi connectivity index (χ0n) is 16.5. The van der Waals surface area contributed by atoms with Crippen LogP contribution in [0.15, 0.2) is 54.3 Å². The lowest BCUT2D eigenvalue weighted by Crippen LogP contribution is -2.37. The highest BCUT2D eigenvalue weighted by Gasteiger charge is 2.55. The average molecular weight is 384 g/mol. The zero-order valence-corrected chi connectivity index (χ0v) is 16.5. The third-order valence-corrected chi connectivity index (χ3v) is 5.15. The van der Waals surface area contributed by atoms with E-state index >= 15 is 0 Å². The van der Waals surface area contributed by atoms with Gasteiger partial charge in [0.2, 0.25) is 0 Å². The standard InChI is InChI=1S/C22H24O6/c1-6-7-15-10-17-13(2)22(27-14(3)23,28-20(17)12-18(15)24)16-8-9-19(25-4)21(11-16)26-5/h6,8-13,17H,1,7H2,2-5H3/t13-,17?,22?/m1/s1. The number of carbonyl (C=O) groups excluding carboxylic acids is 2. The minimum Gasteiger partial charge on any atom is -0.493 e. The third-order valence-electron chi connectivity index (χ3n) is 5.15. The fraction of sp³-hybridized carbons (Fsp3) is 0.364. The maximum absolute atomic E-state index is 12.4. The van der Waals surface area contributed by atoms with Crippen LogP contribution in [0.25, 0.3) is 0 Å². The Bertz CT molecular complexity index is 881. The van der Waals surface area contributed by atoms with E-state index in [1.807, 2.05) is 13.0 Å². The van der Waals surface area contributed by atoms with E-state index in [9.17, 15) is 9.59 Å². The second-order valence-electron chi connectivity index (χ2n) is 6.84. The summed E-state index contributed by atoms with van der Waals surface area (Å²) in [6.07, 6.45) is 5.53. The molecule has 0 amide bonds. The van der Waals surface area contributed by atoms with Crippen molar-refractivity contribution >= 4 is 11.8 Å². The molecule has 0 spiro atoms. The molecule has 6 nitrogen and oxygen atoms in total. The maximum atomic E-state index is 12.4. The monoisotopic (exact) mass is 384 g/mol. The lowest BCUT2D eigenvalue weighted by atomic mass is 9.81. The third kappa shape index (κ3) is 3.19. The van der Waals surface area contributed by atoms with Gasteiger partial charge in [0.05, 0.1) is 20.1 Å². The summed E-state index contributed by atoms with van der Waals surface area (Å²) in [4.78, 5) is 24.3. The quantitative estimate of drug-likeness (QED) is 0.550. The Morgan fingerprint density at radius 1 is 1.29 bits per heavy atom. The van der Waals surface area contributed by atoms with E-state index in [1.165, 1.54) is 20.1 Å². The molecule has 0 aromatic heterocycles. The van der Waals surface area contributed by atoms with Gasteiger partial charge in [0.25, 0.3) is 5.79 Å². The van der Waals surface area contributed by atoms with Crippen molar-refractivity contribution in [3.8, 4) is 11.5 Å². The largest absolute Gasteiger partial charge is 0.493 e. The molecular formula is C22H24O6. The first-order valence-electron chi connectivity index (χ1n) is 9.04. The fourth-order valence-electron chi connectivity index (χ4n) is 3.78. The van der Waals surface area contributed by atoms with Crippen LogP contribution in [0, 0.1) is 11.8 Å². The molecule has 1 heterocycles. The van der Waals surface area contributed by atoms with Crippen molar-refractivity contribution in [1.82, 2.24) is 0 Å². The van der Waals surface area contributed by atoms with Crippen LogP contribution in [0.5, 0.6) is 11.5 Å².